The summed E-state index contributed by atoms with van der Waals surface area (Å²) < 4.78 is 6.15. The van der Waals surface area contributed by atoms with Crippen molar-refractivity contribution in [3.05, 3.63) is 0 Å². The molecule has 136 valence electrons. The Balaban J connectivity index is 5.47. The van der Waals surface area contributed by atoms with Crippen molar-refractivity contribution in [3.8, 4) is 0 Å². The Morgan fingerprint density at radius 2 is 1.48 bits per heavy atom. The van der Waals surface area contributed by atoms with Crippen LogP contribution in [0.4, 0.5) is 0 Å². The molecule has 5 heteroatoms. The average Bonchev–Trinajstić information content (AvgIpc) is 2.39. The highest BCUT2D eigenvalue weighted by Crippen LogP contribution is 2.54. The molecule has 0 saturated carbocycles. The largest absolute Gasteiger partial charge is 0.518 e. The Bertz CT molecular complexity index is 392. The minimum atomic E-state index is -2.42. The molecule has 0 aromatic heterocycles. The summed E-state index contributed by atoms with van der Waals surface area (Å²) in [6.45, 7) is 17.5. The molecule has 0 aliphatic carbocycles. The first-order valence-corrected chi connectivity index (χ1v) is 10.9. The molecule has 0 amide bonds. The maximum absolute atomic E-state index is 12.3. The quantitative estimate of drug-likeness (QED) is 0.541. The van der Waals surface area contributed by atoms with E-state index in [4.69, 9.17) is 9.53 Å². The molecule has 0 rings (SSSR count). The summed E-state index contributed by atoms with van der Waals surface area (Å²) in [6, 6.07) is 0. The van der Waals surface area contributed by atoms with E-state index in [1.807, 2.05) is 0 Å². The number of carbonyl (C=O) groups is 2. The Morgan fingerprint density at radius 1 is 1.00 bits per heavy atom. The zero-order valence-electron chi connectivity index (χ0n) is 16.2. The van der Waals surface area contributed by atoms with Crippen LogP contribution in [0.1, 0.15) is 81.1 Å². The Labute approximate surface area is 143 Å². The number of carboxylic acids is 1. The molecular weight excluding hydrogens is 308 g/mol. The summed E-state index contributed by atoms with van der Waals surface area (Å²) in [5, 5.41) is 8.74. The number of carbonyl (C=O) groups excluding carboxylic acids is 1. The standard InChI is InChI=1S/C18H36O4Si/c1-13(2)11-12-18(7,8)23(14(3)4,15(5)6)22-17(21)10-9-16(19)20/h13-15H,9-12H2,1-8H3,(H,19,20). The normalized spacial score (nSPS) is 13.0. The zero-order chi connectivity index (χ0) is 18.4. The van der Waals surface area contributed by atoms with Crippen LogP contribution in [0.2, 0.25) is 16.1 Å². The van der Waals surface area contributed by atoms with Gasteiger partial charge in [0, 0.05) is 0 Å². The summed E-state index contributed by atoms with van der Waals surface area (Å²) in [4.78, 5) is 23.0. The van der Waals surface area contributed by atoms with Crippen LogP contribution in [0.15, 0.2) is 0 Å². The van der Waals surface area contributed by atoms with Gasteiger partial charge in [0.2, 0.25) is 0 Å². The molecule has 0 fully saturated rings. The molecule has 0 aliphatic heterocycles. The predicted molar refractivity (Wildman–Crippen MR) is 97.0 cm³/mol. The minimum absolute atomic E-state index is 0.0379. The van der Waals surface area contributed by atoms with Gasteiger partial charge in [0.1, 0.15) is 0 Å². The smallest absolute Gasteiger partial charge is 0.303 e. The zero-order valence-corrected chi connectivity index (χ0v) is 17.2. The maximum Gasteiger partial charge on any atom is 0.303 e. The van der Waals surface area contributed by atoms with Crippen molar-refractivity contribution in [1.82, 2.24) is 0 Å². The number of carboxylic acid groups (broad SMARTS) is 1. The van der Waals surface area contributed by atoms with Gasteiger partial charge in [0.25, 0.3) is 14.3 Å². The highest BCUT2D eigenvalue weighted by molar-refractivity contribution is 6.80. The topological polar surface area (TPSA) is 63.6 Å². The van der Waals surface area contributed by atoms with Crippen LogP contribution in [0.25, 0.3) is 0 Å². The van der Waals surface area contributed by atoms with Crippen LogP contribution < -0.4 is 0 Å². The fraction of sp³-hybridized carbons (Fsp3) is 0.889. The van der Waals surface area contributed by atoms with Crippen LogP contribution in [-0.4, -0.2) is 25.4 Å². The summed E-state index contributed by atoms with van der Waals surface area (Å²) in [6.07, 6.45) is 1.93. The minimum Gasteiger partial charge on any atom is -0.518 e. The summed E-state index contributed by atoms with van der Waals surface area (Å²) in [7, 11) is -2.42. The molecule has 0 aromatic rings. The average molecular weight is 345 g/mol. The lowest BCUT2D eigenvalue weighted by Gasteiger charge is -2.49. The Kier molecular flexibility index (Phi) is 8.53. The van der Waals surface area contributed by atoms with E-state index < -0.39 is 14.3 Å². The molecule has 0 unspecified atom stereocenters. The van der Waals surface area contributed by atoms with E-state index in [0.29, 0.717) is 17.0 Å². The highest BCUT2D eigenvalue weighted by atomic mass is 28.4. The van der Waals surface area contributed by atoms with E-state index in [2.05, 4.69) is 55.4 Å². The van der Waals surface area contributed by atoms with E-state index in [9.17, 15) is 9.59 Å². The molecule has 23 heavy (non-hydrogen) atoms. The highest BCUT2D eigenvalue weighted by Gasteiger charge is 2.56. The number of hydrogen-bond acceptors (Lipinski definition) is 3. The second kappa shape index (κ2) is 8.86. The molecule has 1 N–H and O–H groups in total. The fourth-order valence-electron chi connectivity index (χ4n) is 3.90. The third-order valence-electron chi connectivity index (χ3n) is 4.95. The Morgan fingerprint density at radius 3 is 1.83 bits per heavy atom. The fourth-order valence-corrected chi connectivity index (χ4v) is 10.1. The van der Waals surface area contributed by atoms with Gasteiger partial charge in [0.05, 0.1) is 12.8 Å². The third kappa shape index (κ3) is 5.94. The SMILES string of the molecule is CC(C)CCC(C)(C)[Si](OC(=O)CCC(=O)O)(C(C)C)C(C)C. The molecule has 0 heterocycles. The lowest BCUT2D eigenvalue weighted by molar-refractivity contribution is -0.143. The van der Waals surface area contributed by atoms with E-state index in [0.717, 1.165) is 12.8 Å². The maximum atomic E-state index is 12.3. The van der Waals surface area contributed by atoms with Gasteiger partial charge in [0.15, 0.2) is 0 Å². The van der Waals surface area contributed by atoms with Crippen molar-refractivity contribution in [3.63, 3.8) is 0 Å². The molecule has 0 aromatic carbocycles. The molecule has 0 aliphatic rings. The van der Waals surface area contributed by atoms with Gasteiger partial charge < -0.3 is 9.53 Å². The van der Waals surface area contributed by atoms with Crippen LogP contribution in [0.3, 0.4) is 0 Å². The molecule has 0 atom stereocenters. The molecule has 0 saturated heterocycles. The van der Waals surface area contributed by atoms with Crippen LogP contribution >= 0.6 is 0 Å². The Hall–Kier alpha value is -0.843. The number of rotatable bonds is 10. The lowest BCUT2D eigenvalue weighted by Crippen LogP contribution is -2.55. The summed E-state index contributed by atoms with van der Waals surface area (Å²) >= 11 is 0. The van der Waals surface area contributed by atoms with E-state index in [-0.39, 0.29) is 23.8 Å². The molecule has 0 spiro atoms. The van der Waals surface area contributed by atoms with Crippen molar-refractivity contribution in [1.29, 1.82) is 0 Å². The van der Waals surface area contributed by atoms with Crippen molar-refractivity contribution < 1.29 is 19.1 Å². The van der Waals surface area contributed by atoms with Crippen molar-refractivity contribution in [2.45, 2.75) is 97.2 Å². The second-order valence-corrected chi connectivity index (χ2v) is 13.7. The van der Waals surface area contributed by atoms with Crippen molar-refractivity contribution >= 4 is 20.3 Å². The predicted octanol–water partition coefficient (Wildman–Crippen LogP) is 5.38. The number of aliphatic carboxylic acids is 1. The summed E-state index contributed by atoms with van der Waals surface area (Å²) in [5.41, 5.74) is 0.580. The van der Waals surface area contributed by atoms with Gasteiger partial charge in [-0.15, -0.1) is 0 Å². The third-order valence-corrected chi connectivity index (χ3v) is 11.3. The summed E-state index contributed by atoms with van der Waals surface area (Å²) in [5.74, 6) is -0.690. The van der Waals surface area contributed by atoms with Crippen LogP contribution in [-0.2, 0) is 14.0 Å². The van der Waals surface area contributed by atoms with Crippen molar-refractivity contribution in [2.75, 3.05) is 0 Å². The molecule has 0 bridgehead atoms. The van der Waals surface area contributed by atoms with Crippen LogP contribution in [0, 0.1) is 5.92 Å². The van der Waals surface area contributed by atoms with Crippen LogP contribution in [0.5, 0.6) is 0 Å². The van der Waals surface area contributed by atoms with Gasteiger partial charge in [-0.3, -0.25) is 9.59 Å². The molecule has 0 radical (unpaired) electrons. The van der Waals surface area contributed by atoms with Gasteiger partial charge >= 0.3 is 5.97 Å². The van der Waals surface area contributed by atoms with Gasteiger partial charge in [-0.2, -0.15) is 0 Å². The second-order valence-electron chi connectivity index (χ2n) is 8.29. The number of hydrogen-bond donors (Lipinski definition) is 1. The van der Waals surface area contributed by atoms with E-state index in [1.54, 1.807) is 0 Å². The lowest BCUT2D eigenvalue weighted by atomic mass is 10.00. The van der Waals surface area contributed by atoms with Crippen molar-refractivity contribution in [2.24, 2.45) is 5.92 Å². The first-order chi connectivity index (χ1) is 10.4. The first kappa shape index (κ1) is 22.2. The van der Waals surface area contributed by atoms with E-state index in [1.165, 1.54) is 0 Å². The van der Waals surface area contributed by atoms with Gasteiger partial charge in [-0.25, -0.2) is 0 Å². The van der Waals surface area contributed by atoms with E-state index >= 15 is 0 Å². The monoisotopic (exact) mass is 344 g/mol. The molecule has 4 nitrogen and oxygen atoms in total. The molecular formula is C18H36O4Si. The van der Waals surface area contributed by atoms with Gasteiger partial charge in [-0.1, -0.05) is 61.8 Å². The first-order valence-electron chi connectivity index (χ1n) is 8.80. The van der Waals surface area contributed by atoms with Gasteiger partial charge in [-0.05, 0) is 28.5 Å².